The third kappa shape index (κ3) is 1.90. The Kier molecular flexibility index (Phi) is 2.76. The van der Waals surface area contributed by atoms with Crippen LogP contribution in [0.1, 0.15) is 12.8 Å². The molecule has 4 heteroatoms. The third-order valence-electron chi connectivity index (χ3n) is 2.93. The highest BCUT2D eigenvalue weighted by Crippen LogP contribution is 2.27. The van der Waals surface area contributed by atoms with Crippen LogP contribution in [-0.2, 0) is 0 Å². The molecule has 1 aliphatic heterocycles. The van der Waals surface area contributed by atoms with Crippen molar-refractivity contribution < 1.29 is 4.74 Å². The number of nitrogens with zero attached hydrogens (tertiary/aromatic N) is 1. The molecule has 16 heavy (non-hydrogen) atoms. The number of thiophene rings is 1. The van der Waals surface area contributed by atoms with Gasteiger partial charge in [0.05, 0.1) is 5.39 Å². The number of aromatic nitrogens is 1. The summed E-state index contributed by atoms with van der Waals surface area (Å²) < 4.78 is 7.03. The molecule has 2 aromatic heterocycles. The fraction of sp³-hybridized carbons (Fsp3) is 0.417. The summed E-state index contributed by atoms with van der Waals surface area (Å²) >= 11 is 1.72. The molecule has 0 amide bonds. The van der Waals surface area contributed by atoms with E-state index in [4.69, 9.17) is 4.74 Å². The Balaban J connectivity index is 1.75. The van der Waals surface area contributed by atoms with E-state index >= 15 is 0 Å². The van der Waals surface area contributed by atoms with Crippen molar-refractivity contribution in [1.82, 2.24) is 10.3 Å². The Morgan fingerprint density at radius 3 is 3.38 bits per heavy atom. The first kappa shape index (κ1) is 10.1. The van der Waals surface area contributed by atoms with Gasteiger partial charge >= 0.3 is 0 Å². The Morgan fingerprint density at radius 2 is 2.50 bits per heavy atom. The molecule has 0 radical (unpaired) electrons. The van der Waals surface area contributed by atoms with E-state index in [0.717, 1.165) is 24.4 Å². The molecular weight excluding hydrogens is 220 g/mol. The molecule has 0 saturated carbocycles. The predicted molar refractivity (Wildman–Crippen MR) is 66.1 cm³/mol. The molecule has 2 aromatic rings. The van der Waals surface area contributed by atoms with Gasteiger partial charge in [-0.1, -0.05) is 0 Å². The lowest BCUT2D eigenvalue weighted by atomic mass is 10.2. The molecule has 3 heterocycles. The smallest absolute Gasteiger partial charge is 0.222 e. The quantitative estimate of drug-likeness (QED) is 0.885. The maximum Gasteiger partial charge on any atom is 0.222 e. The number of pyridine rings is 1. The summed E-state index contributed by atoms with van der Waals surface area (Å²) in [5.74, 6) is 0.771. The molecule has 1 aliphatic rings. The third-order valence-corrected chi connectivity index (χ3v) is 3.81. The van der Waals surface area contributed by atoms with Crippen molar-refractivity contribution in [3.63, 3.8) is 0 Å². The van der Waals surface area contributed by atoms with E-state index < -0.39 is 0 Å². The van der Waals surface area contributed by atoms with Gasteiger partial charge in [-0.25, -0.2) is 4.98 Å². The average molecular weight is 234 g/mol. The lowest BCUT2D eigenvalue weighted by Gasteiger charge is -2.11. The number of nitrogens with one attached hydrogen (secondary N) is 1. The molecule has 3 rings (SSSR count). The van der Waals surface area contributed by atoms with Gasteiger partial charge < -0.3 is 10.1 Å². The van der Waals surface area contributed by atoms with Gasteiger partial charge in [0.15, 0.2) is 0 Å². The molecule has 1 unspecified atom stereocenters. The van der Waals surface area contributed by atoms with Crippen LogP contribution in [0.25, 0.3) is 10.1 Å². The van der Waals surface area contributed by atoms with Gasteiger partial charge in [0.25, 0.3) is 0 Å². The highest BCUT2D eigenvalue weighted by Gasteiger charge is 2.15. The van der Waals surface area contributed by atoms with Crippen molar-refractivity contribution in [3.8, 4) is 5.88 Å². The second-order valence-electron chi connectivity index (χ2n) is 4.05. The Morgan fingerprint density at radius 1 is 1.50 bits per heavy atom. The van der Waals surface area contributed by atoms with Crippen LogP contribution in [0, 0.1) is 0 Å². The molecule has 0 bridgehead atoms. The number of fused-ring (bicyclic) bond motifs is 1. The van der Waals surface area contributed by atoms with E-state index in [1.165, 1.54) is 17.5 Å². The van der Waals surface area contributed by atoms with E-state index in [1.54, 1.807) is 11.3 Å². The molecule has 84 valence electrons. The van der Waals surface area contributed by atoms with Crippen LogP contribution in [0.4, 0.5) is 0 Å². The lowest BCUT2D eigenvalue weighted by Crippen LogP contribution is -2.28. The monoisotopic (exact) mass is 234 g/mol. The van der Waals surface area contributed by atoms with Gasteiger partial charge in [-0.05, 0) is 36.9 Å². The van der Waals surface area contributed by atoms with Gasteiger partial charge in [0.2, 0.25) is 5.88 Å². The number of ether oxygens (including phenoxy) is 1. The van der Waals surface area contributed by atoms with Gasteiger partial charge in [0, 0.05) is 16.9 Å². The summed E-state index contributed by atoms with van der Waals surface area (Å²) in [7, 11) is 0. The lowest BCUT2D eigenvalue weighted by molar-refractivity contribution is 0.271. The van der Waals surface area contributed by atoms with Gasteiger partial charge in [-0.2, -0.15) is 0 Å². The van der Waals surface area contributed by atoms with Crippen molar-refractivity contribution >= 4 is 21.4 Å². The van der Waals surface area contributed by atoms with Crippen LogP contribution in [0.2, 0.25) is 0 Å². The average Bonchev–Trinajstić information content (AvgIpc) is 2.97. The van der Waals surface area contributed by atoms with E-state index in [9.17, 15) is 0 Å². The van der Waals surface area contributed by atoms with Crippen LogP contribution in [0.15, 0.2) is 23.7 Å². The Bertz CT molecular complexity index is 477. The van der Waals surface area contributed by atoms with Crippen molar-refractivity contribution in [2.45, 2.75) is 18.9 Å². The number of rotatable bonds is 3. The zero-order chi connectivity index (χ0) is 10.8. The van der Waals surface area contributed by atoms with E-state index in [0.29, 0.717) is 6.04 Å². The second kappa shape index (κ2) is 4.39. The first-order valence-corrected chi connectivity index (χ1v) is 6.50. The van der Waals surface area contributed by atoms with Crippen LogP contribution < -0.4 is 10.1 Å². The SMILES string of the molecule is c1cc2sccc2c(OCC2CCCN2)n1. The highest BCUT2D eigenvalue weighted by molar-refractivity contribution is 7.17. The fourth-order valence-corrected chi connectivity index (χ4v) is 2.83. The maximum atomic E-state index is 5.79. The molecule has 1 saturated heterocycles. The fourth-order valence-electron chi connectivity index (χ4n) is 2.06. The van der Waals surface area contributed by atoms with E-state index in [1.807, 2.05) is 12.3 Å². The van der Waals surface area contributed by atoms with E-state index in [2.05, 4.69) is 21.7 Å². The van der Waals surface area contributed by atoms with Gasteiger partial charge in [-0.15, -0.1) is 11.3 Å². The molecule has 3 nitrogen and oxygen atoms in total. The molecule has 0 aromatic carbocycles. The van der Waals surface area contributed by atoms with Crippen LogP contribution in [0.5, 0.6) is 5.88 Å². The van der Waals surface area contributed by atoms with Gasteiger partial charge in [-0.3, -0.25) is 0 Å². The van der Waals surface area contributed by atoms with Crippen LogP contribution in [0.3, 0.4) is 0 Å². The van der Waals surface area contributed by atoms with Crippen LogP contribution in [-0.4, -0.2) is 24.2 Å². The minimum absolute atomic E-state index is 0.496. The summed E-state index contributed by atoms with van der Waals surface area (Å²) in [6.45, 7) is 1.84. The minimum atomic E-state index is 0.496. The largest absolute Gasteiger partial charge is 0.476 e. The number of hydrogen-bond acceptors (Lipinski definition) is 4. The first-order valence-electron chi connectivity index (χ1n) is 5.62. The highest BCUT2D eigenvalue weighted by atomic mass is 32.1. The number of hydrogen-bond donors (Lipinski definition) is 1. The van der Waals surface area contributed by atoms with Crippen molar-refractivity contribution in [2.24, 2.45) is 0 Å². The molecular formula is C12H14N2OS. The summed E-state index contributed by atoms with van der Waals surface area (Å²) in [5, 5.41) is 6.63. The summed E-state index contributed by atoms with van der Waals surface area (Å²) in [6, 6.07) is 4.60. The van der Waals surface area contributed by atoms with Crippen molar-refractivity contribution in [2.75, 3.05) is 13.2 Å². The predicted octanol–water partition coefficient (Wildman–Crippen LogP) is 2.43. The van der Waals surface area contributed by atoms with Gasteiger partial charge in [0.1, 0.15) is 6.61 Å². The van der Waals surface area contributed by atoms with Crippen LogP contribution >= 0.6 is 11.3 Å². The normalized spacial score (nSPS) is 20.4. The molecule has 1 N–H and O–H groups in total. The zero-order valence-electron chi connectivity index (χ0n) is 8.98. The zero-order valence-corrected chi connectivity index (χ0v) is 9.80. The van der Waals surface area contributed by atoms with Crippen molar-refractivity contribution in [3.05, 3.63) is 23.7 Å². The summed E-state index contributed by atoms with van der Waals surface area (Å²) in [4.78, 5) is 4.30. The molecule has 1 atom stereocenters. The molecule has 0 spiro atoms. The second-order valence-corrected chi connectivity index (χ2v) is 5.00. The summed E-state index contributed by atoms with van der Waals surface area (Å²) in [5.41, 5.74) is 0. The van der Waals surface area contributed by atoms with E-state index in [-0.39, 0.29) is 0 Å². The topological polar surface area (TPSA) is 34.1 Å². The molecule has 0 aliphatic carbocycles. The first-order chi connectivity index (χ1) is 7.93. The summed E-state index contributed by atoms with van der Waals surface area (Å²) in [6.07, 6.45) is 4.28. The Labute approximate surface area is 98.5 Å². The molecule has 1 fully saturated rings. The van der Waals surface area contributed by atoms with Crippen molar-refractivity contribution in [1.29, 1.82) is 0 Å². The maximum absolute atomic E-state index is 5.79. The minimum Gasteiger partial charge on any atom is -0.476 e. The standard InChI is InChI=1S/C12H14N2OS/c1-2-9(13-5-1)8-15-12-10-4-7-16-11(10)3-6-14-12/h3-4,6-7,9,13H,1-2,5,8H2. The Hall–Kier alpha value is -1.13.